The molecule has 1 aromatic rings. The number of carbonyl (C=O) groups is 2. The van der Waals surface area contributed by atoms with E-state index in [1.54, 1.807) is 13.8 Å². The first-order chi connectivity index (χ1) is 19.2. The minimum Gasteiger partial charge on any atom is -0.465 e. The van der Waals surface area contributed by atoms with Gasteiger partial charge in [0, 0.05) is 0 Å². The zero-order chi connectivity index (χ0) is 30.0. The van der Waals surface area contributed by atoms with E-state index in [2.05, 4.69) is 6.92 Å². The highest BCUT2D eigenvalue weighted by Gasteiger charge is 2.46. The number of hydrogen-bond acceptors (Lipinski definition) is 4. The van der Waals surface area contributed by atoms with Crippen LogP contribution in [0.2, 0.25) is 0 Å². The Morgan fingerprint density at radius 3 is 1.27 bits per heavy atom. The molecule has 40 heavy (non-hydrogen) atoms. The summed E-state index contributed by atoms with van der Waals surface area (Å²) < 4.78 is 78.1. The Bertz CT molecular complexity index is 873. The van der Waals surface area contributed by atoms with Gasteiger partial charge in [-0.2, -0.15) is 0 Å². The van der Waals surface area contributed by atoms with Gasteiger partial charge >= 0.3 is 11.9 Å². The molecular weight excluding hydrogens is 531 g/mol. The standard InChI is InChI=1S/C31H47F5O4/c1-4-7-8-9-10-11-12-13-14-15-16-17-18-19-20-21-39-29(37)31(5-2,6-3)30(38)40-22-23-24(32)26(34)28(36)27(35)25(23)33/h4-22H2,1-3H3. The molecule has 9 heteroatoms. The Hall–Kier alpha value is -2.19. The highest BCUT2D eigenvalue weighted by molar-refractivity contribution is 6.00. The Morgan fingerprint density at radius 2 is 0.875 bits per heavy atom. The van der Waals surface area contributed by atoms with Crippen LogP contribution in [0, 0.1) is 34.5 Å². The van der Waals surface area contributed by atoms with E-state index in [9.17, 15) is 31.5 Å². The van der Waals surface area contributed by atoms with E-state index < -0.39 is 58.6 Å². The van der Waals surface area contributed by atoms with Crippen molar-refractivity contribution in [1.29, 1.82) is 0 Å². The van der Waals surface area contributed by atoms with Gasteiger partial charge in [0.05, 0.1) is 12.2 Å². The minimum absolute atomic E-state index is 0.0167. The lowest BCUT2D eigenvalue weighted by Gasteiger charge is -2.27. The molecule has 0 saturated heterocycles. The topological polar surface area (TPSA) is 52.6 Å². The molecule has 0 bridgehead atoms. The van der Waals surface area contributed by atoms with E-state index in [0.717, 1.165) is 19.3 Å². The molecule has 0 N–H and O–H groups in total. The fourth-order valence-electron chi connectivity index (χ4n) is 4.74. The third-order valence-corrected chi connectivity index (χ3v) is 7.62. The number of ether oxygens (including phenoxy) is 2. The van der Waals surface area contributed by atoms with Crippen molar-refractivity contribution in [2.45, 2.75) is 137 Å². The van der Waals surface area contributed by atoms with E-state index in [0.29, 0.717) is 6.42 Å². The van der Waals surface area contributed by atoms with Gasteiger partial charge in [-0.05, 0) is 19.3 Å². The van der Waals surface area contributed by atoms with Crippen LogP contribution in [0.1, 0.15) is 135 Å². The zero-order valence-electron chi connectivity index (χ0n) is 24.5. The van der Waals surface area contributed by atoms with E-state index >= 15 is 0 Å². The largest absolute Gasteiger partial charge is 0.465 e. The molecule has 0 heterocycles. The van der Waals surface area contributed by atoms with Crippen molar-refractivity contribution in [1.82, 2.24) is 0 Å². The van der Waals surface area contributed by atoms with Crippen LogP contribution in [-0.2, 0) is 25.7 Å². The lowest BCUT2D eigenvalue weighted by Crippen LogP contribution is -2.41. The van der Waals surface area contributed by atoms with E-state index in [1.165, 1.54) is 70.6 Å². The number of carbonyl (C=O) groups excluding carboxylic acids is 2. The van der Waals surface area contributed by atoms with Gasteiger partial charge in [-0.15, -0.1) is 0 Å². The summed E-state index contributed by atoms with van der Waals surface area (Å²) in [4.78, 5) is 25.5. The van der Waals surface area contributed by atoms with Crippen molar-refractivity contribution in [2.75, 3.05) is 6.61 Å². The summed E-state index contributed by atoms with van der Waals surface area (Å²) in [6.07, 6.45) is 17.9. The SMILES string of the molecule is CCCCCCCCCCCCCCCCCOC(=O)C(CC)(CC)C(=O)OCc1c(F)c(F)c(F)c(F)c1F. The van der Waals surface area contributed by atoms with Gasteiger partial charge in [0.25, 0.3) is 0 Å². The monoisotopic (exact) mass is 578 g/mol. The van der Waals surface area contributed by atoms with Crippen molar-refractivity contribution in [2.24, 2.45) is 5.41 Å². The van der Waals surface area contributed by atoms with Gasteiger partial charge in [-0.3, -0.25) is 9.59 Å². The van der Waals surface area contributed by atoms with Crippen LogP contribution in [0.5, 0.6) is 0 Å². The van der Waals surface area contributed by atoms with Gasteiger partial charge < -0.3 is 9.47 Å². The molecule has 0 unspecified atom stereocenters. The highest BCUT2D eigenvalue weighted by Crippen LogP contribution is 2.32. The fourth-order valence-corrected chi connectivity index (χ4v) is 4.74. The first-order valence-electron chi connectivity index (χ1n) is 15.0. The highest BCUT2D eigenvalue weighted by atomic mass is 19.2. The van der Waals surface area contributed by atoms with Gasteiger partial charge in [0.2, 0.25) is 5.82 Å². The summed E-state index contributed by atoms with van der Waals surface area (Å²) in [5.74, 6) is -12.7. The maximum atomic E-state index is 13.9. The second-order valence-electron chi connectivity index (χ2n) is 10.5. The van der Waals surface area contributed by atoms with Crippen LogP contribution in [0.15, 0.2) is 0 Å². The number of rotatable bonds is 22. The van der Waals surface area contributed by atoms with Gasteiger partial charge in [0.15, 0.2) is 28.7 Å². The number of hydrogen-bond donors (Lipinski definition) is 0. The van der Waals surface area contributed by atoms with Crippen LogP contribution in [0.3, 0.4) is 0 Å². The van der Waals surface area contributed by atoms with Crippen LogP contribution in [0.25, 0.3) is 0 Å². The molecule has 0 atom stereocenters. The van der Waals surface area contributed by atoms with Crippen LogP contribution >= 0.6 is 0 Å². The summed E-state index contributed by atoms with van der Waals surface area (Å²) >= 11 is 0. The molecule has 0 spiro atoms. The van der Waals surface area contributed by atoms with Crippen LogP contribution < -0.4 is 0 Å². The maximum Gasteiger partial charge on any atom is 0.323 e. The van der Waals surface area contributed by atoms with Crippen molar-refractivity contribution in [3.05, 3.63) is 34.6 Å². The van der Waals surface area contributed by atoms with E-state index in [-0.39, 0.29) is 19.4 Å². The molecule has 0 aliphatic carbocycles. The molecule has 4 nitrogen and oxygen atoms in total. The van der Waals surface area contributed by atoms with Crippen molar-refractivity contribution in [3.63, 3.8) is 0 Å². The molecule has 0 radical (unpaired) electrons. The summed E-state index contributed by atoms with van der Waals surface area (Å²) in [5, 5.41) is 0. The molecule has 0 aromatic heterocycles. The smallest absolute Gasteiger partial charge is 0.323 e. The molecule has 230 valence electrons. The van der Waals surface area contributed by atoms with Crippen molar-refractivity contribution < 1.29 is 41.0 Å². The maximum absolute atomic E-state index is 13.9. The number of esters is 2. The predicted octanol–water partition coefficient (Wildman–Crippen LogP) is 9.65. The molecule has 0 saturated carbocycles. The van der Waals surface area contributed by atoms with Gasteiger partial charge in [-0.1, -0.05) is 111 Å². The second-order valence-corrected chi connectivity index (χ2v) is 10.5. The number of benzene rings is 1. The molecule has 1 aromatic carbocycles. The first-order valence-corrected chi connectivity index (χ1v) is 15.0. The minimum atomic E-state index is -2.30. The van der Waals surface area contributed by atoms with Crippen molar-refractivity contribution >= 4 is 11.9 Å². The number of halogens is 5. The average Bonchev–Trinajstić information content (AvgIpc) is 2.95. The number of unbranched alkanes of at least 4 members (excludes halogenated alkanes) is 14. The summed E-state index contributed by atoms with van der Waals surface area (Å²) in [7, 11) is 0. The quantitative estimate of drug-likeness (QED) is 0.0343. The Kier molecular flexibility index (Phi) is 17.8. The molecule has 0 fully saturated rings. The van der Waals surface area contributed by atoms with E-state index in [4.69, 9.17) is 9.47 Å². The molecular formula is C31H47F5O4. The lowest BCUT2D eigenvalue weighted by molar-refractivity contribution is -0.174. The van der Waals surface area contributed by atoms with Crippen LogP contribution in [-0.4, -0.2) is 18.5 Å². The normalized spacial score (nSPS) is 11.6. The fraction of sp³-hybridized carbons (Fsp3) is 0.742. The predicted molar refractivity (Wildman–Crippen MR) is 145 cm³/mol. The van der Waals surface area contributed by atoms with Crippen LogP contribution in [0.4, 0.5) is 22.0 Å². The third-order valence-electron chi connectivity index (χ3n) is 7.62. The summed E-state index contributed by atoms with van der Waals surface area (Å²) in [6.45, 7) is 4.24. The second kappa shape index (κ2) is 19.8. The Labute approximate surface area is 236 Å². The summed E-state index contributed by atoms with van der Waals surface area (Å²) in [5.41, 5.74) is -3.02. The average molecular weight is 579 g/mol. The molecule has 0 aliphatic heterocycles. The summed E-state index contributed by atoms with van der Waals surface area (Å²) in [6, 6.07) is 0. The lowest BCUT2D eigenvalue weighted by atomic mass is 9.82. The van der Waals surface area contributed by atoms with E-state index in [1.807, 2.05) is 0 Å². The zero-order valence-corrected chi connectivity index (χ0v) is 24.5. The third kappa shape index (κ3) is 11.0. The molecule has 1 rings (SSSR count). The Morgan fingerprint density at radius 1 is 0.525 bits per heavy atom. The molecule has 0 aliphatic rings. The molecule has 0 amide bonds. The Balaban J connectivity index is 2.33. The van der Waals surface area contributed by atoms with Gasteiger partial charge in [0.1, 0.15) is 6.61 Å². The first kappa shape index (κ1) is 35.8. The van der Waals surface area contributed by atoms with Gasteiger partial charge in [-0.25, -0.2) is 22.0 Å². The van der Waals surface area contributed by atoms with Crippen molar-refractivity contribution in [3.8, 4) is 0 Å².